The average Bonchev–Trinajstić information content (AvgIpc) is 3.72. The molecule has 3 aromatic carbocycles. The molecule has 0 heterocycles. The number of methoxy groups -OCH3 is 1. The molecule has 1 fully saturated rings. The summed E-state index contributed by atoms with van der Waals surface area (Å²) in [5.41, 5.74) is 3.27. The molecule has 1 aliphatic rings. The van der Waals surface area contributed by atoms with Crippen LogP contribution in [0.3, 0.4) is 0 Å². The van der Waals surface area contributed by atoms with Crippen LogP contribution in [0.4, 0.5) is 8.78 Å². The lowest BCUT2D eigenvalue weighted by atomic mass is 9.84. The van der Waals surface area contributed by atoms with Crippen LogP contribution in [0, 0.1) is 17.0 Å². The molecule has 0 aromatic heterocycles. The van der Waals surface area contributed by atoms with E-state index in [1.165, 1.54) is 31.4 Å². The summed E-state index contributed by atoms with van der Waals surface area (Å²) >= 11 is 0. The van der Waals surface area contributed by atoms with Gasteiger partial charge in [-0.15, -0.1) is 0 Å². The Balaban J connectivity index is 0.00000118. The average molecular weight is 511 g/mol. The largest absolute Gasteiger partial charge is 0.497 e. The second kappa shape index (κ2) is 12.7. The van der Waals surface area contributed by atoms with E-state index >= 15 is 0 Å². The Morgan fingerprint density at radius 2 is 1.68 bits per heavy atom. The first-order valence-corrected chi connectivity index (χ1v) is 12.6. The Bertz CT molecular complexity index is 1210. The van der Waals surface area contributed by atoms with Crippen molar-refractivity contribution in [2.24, 2.45) is 5.41 Å². The number of aryl methyl sites for hydroxylation is 1. The minimum Gasteiger partial charge on any atom is -0.497 e. The van der Waals surface area contributed by atoms with E-state index in [2.05, 4.69) is 20.8 Å². The van der Waals surface area contributed by atoms with Gasteiger partial charge in [-0.2, -0.15) is 0 Å². The molecule has 6 heteroatoms. The number of rotatable bonds is 9. The lowest BCUT2D eigenvalue weighted by Crippen LogP contribution is -2.11. The first-order chi connectivity index (χ1) is 17.6. The van der Waals surface area contributed by atoms with E-state index in [0.29, 0.717) is 23.3 Å². The van der Waals surface area contributed by atoms with Gasteiger partial charge in [-0.25, -0.2) is 8.78 Å². The van der Waals surface area contributed by atoms with E-state index in [1.807, 2.05) is 18.2 Å². The van der Waals surface area contributed by atoms with Gasteiger partial charge in [-0.3, -0.25) is 4.79 Å². The van der Waals surface area contributed by atoms with Gasteiger partial charge in [0.2, 0.25) is 0 Å². The van der Waals surface area contributed by atoms with Gasteiger partial charge in [0, 0.05) is 12.0 Å². The second-order valence-electron chi connectivity index (χ2n) is 10.5. The summed E-state index contributed by atoms with van der Waals surface area (Å²) in [5.74, 6) is -1.22. The summed E-state index contributed by atoms with van der Waals surface area (Å²) in [4.78, 5) is 10.8. The number of hydrogen-bond acceptors (Lipinski definition) is 3. The molecule has 0 aliphatic heterocycles. The van der Waals surface area contributed by atoms with Gasteiger partial charge in [0.15, 0.2) is 11.6 Å². The monoisotopic (exact) mass is 510 g/mol. The van der Waals surface area contributed by atoms with Gasteiger partial charge in [0.1, 0.15) is 18.2 Å². The van der Waals surface area contributed by atoms with Crippen molar-refractivity contribution >= 4 is 5.97 Å². The number of hydrogen-bond donors (Lipinski definition) is 1. The number of carbonyl (C=O) groups is 1. The maximum atomic E-state index is 14.8. The molecule has 1 N–H and O–H groups in total. The highest BCUT2D eigenvalue weighted by Crippen LogP contribution is 2.34. The summed E-state index contributed by atoms with van der Waals surface area (Å²) in [5, 5.41) is 8.86. The molecule has 1 saturated carbocycles. The Hall–Kier alpha value is -3.41. The normalized spacial score (nSPS) is 12.4. The van der Waals surface area contributed by atoms with Crippen LogP contribution in [0.15, 0.2) is 54.6 Å². The number of halogens is 2. The molecule has 3 aromatic rings. The van der Waals surface area contributed by atoms with Gasteiger partial charge >= 0.3 is 5.97 Å². The van der Waals surface area contributed by atoms with Crippen molar-refractivity contribution in [2.45, 2.75) is 65.9 Å². The van der Waals surface area contributed by atoms with E-state index in [0.717, 1.165) is 16.7 Å². The molecule has 37 heavy (non-hydrogen) atoms. The third-order valence-electron chi connectivity index (χ3n) is 5.75. The van der Waals surface area contributed by atoms with Crippen LogP contribution >= 0.6 is 0 Å². The van der Waals surface area contributed by atoms with Gasteiger partial charge in [0.05, 0.1) is 7.11 Å². The van der Waals surface area contributed by atoms with Crippen molar-refractivity contribution in [1.82, 2.24) is 0 Å². The number of carboxylic acid groups (broad SMARTS) is 1. The van der Waals surface area contributed by atoms with Gasteiger partial charge < -0.3 is 14.6 Å². The number of ether oxygens (including phenoxy) is 2. The van der Waals surface area contributed by atoms with Gasteiger partial charge in [-0.05, 0) is 64.8 Å². The molecular weight excluding hydrogens is 474 g/mol. The topological polar surface area (TPSA) is 55.8 Å². The van der Waals surface area contributed by atoms with E-state index in [4.69, 9.17) is 14.6 Å². The van der Waals surface area contributed by atoms with Crippen LogP contribution in [-0.2, 0) is 24.2 Å². The van der Waals surface area contributed by atoms with Crippen LogP contribution in [0.1, 0.15) is 63.1 Å². The van der Waals surface area contributed by atoms with E-state index in [9.17, 15) is 13.6 Å². The fourth-order valence-corrected chi connectivity index (χ4v) is 3.82. The second-order valence-corrected chi connectivity index (χ2v) is 10.5. The maximum absolute atomic E-state index is 14.8. The van der Waals surface area contributed by atoms with Crippen molar-refractivity contribution in [3.63, 3.8) is 0 Å². The first kappa shape index (κ1) is 28.2. The summed E-state index contributed by atoms with van der Waals surface area (Å²) in [6.45, 7) is 6.46. The zero-order valence-electron chi connectivity index (χ0n) is 22.1. The van der Waals surface area contributed by atoms with Crippen LogP contribution in [0.25, 0.3) is 11.1 Å². The van der Waals surface area contributed by atoms with E-state index < -0.39 is 11.8 Å². The molecule has 0 atom stereocenters. The lowest BCUT2D eigenvalue weighted by molar-refractivity contribution is -0.136. The zero-order valence-corrected chi connectivity index (χ0v) is 22.1. The summed E-state index contributed by atoms with van der Waals surface area (Å²) in [7, 11) is 1.54. The standard InChI is InChI=1S/C28H30F2O4.C3H6/c1-28(2,3)16-20-14-18(8-11-22(20)23-15-21(33-4)10-12-24(23)29)17-34-25-7-5-6-19(27(25)30)9-13-26(31)32;1-2-3-1/h5-8,10-12,14-15H,9,13,16-17H2,1-4H3,(H,31,32);1-3H2. The van der Waals surface area contributed by atoms with Crippen molar-refractivity contribution in [3.05, 3.63) is 82.9 Å². The molecule has 4 rings (SSSR count). The highest BCUT2D eigenvalue weighted by atomic mass is 19.1. The maximum Gasteiger partial charge on any atom is 0.303 e. The van der Waals surface area contributed by atoms with Crippen molar-refractivity contribution in [2.75, 3.05) is 7.11 Å². The highest BCUT2D eigenvalue weighted by molar-refractivity contribution is 5.70. The van der Waals surface area contributed by atoms with Crippen molar-refractivity contribution < 1.29 is 28.2 Å². The van der Waals surface area contributed by atoms with E-state index in [1.54, 1.807) is 31.4 Å². The summed E-state index contributed by atoms with van der Waals surface area (Å²) in [6, 6.07) is 15.1. The Morgan fingerprint density at radius 1 is 0.946 bits per heavy atom. The number of benzene rings is 3. The molecule has 4 nitrogen and oxygen atoms in total. The third kappa shape index (κ3) is 8.88. The molecule has 0 spiro atoms. The fraction of sp³-hybridized carbons (Fsp3) is 0.387. The number of carboxylic acids is 1. The lowest BCUT2D eigenvalue weighted by Gasteiger charge is -2.22. The molecule has 0 bridgehead atoms. The highest BCUT2D eigenvalue weighted by Gasteiger charge is 2.18. The van der Waals surface area contributed by atoms with E-state index in [-0.39, 0.29) is 36.4 Å². The van der Waals surface area contributed by atoms with Crippen LogP contribution in [-0.4, -0.2) is 18.2 Å². The van der Waals surface area contributed by atoms with Crippen LogP contribution in [0.5, 0.6) is 11.5 Å². The Labute approximate surface area is 218 Å². The summed E-state index contributed by atoms with van der Waals surface area (Å²) in [6.07, 6.45) is 5.14. The Kier molecular flexibility index (Phi) is 9.67. The molecular formula is C31H36F2O4. The molecule has 0 radical (unpaired) electrons. The van der Waals surface area contributed by atoms with Crippen LogP contribution < -0.4 is 9.47 Å². The quantitative estimate of drug-likeness (QED) is 0.317. The SMILES string of the molecule is C1CC1.COc1ccc(F)c(-c2ccc(COc3cccc(CCC(=O)O)c3F)cc2CC(C)(C)C)c1. The van der Waals surface area contributed by atoms with Crippen LogP contribution in [0.2, 0.25) is 0 Å². The van der Waals surface area contributed by atoms with Gasteiger partial charge in [0.25, 0.3) is 0 Å². The van der Waals surface area contributed by atoms with Gasteiger partial charge in [-0.1, -0.05) is 70.4 Å². The molecule has 0 amide bonds. The molecule has 1 aliphatic carbocycles. The smallest absolute Gasteiger partial charge is 0.303 e. The van der Waals surface area contributed by atoms with Crippen molar-refractivity contribution in [3.8, 4) is 22.6 Å². The molecule has 198 valence electrons. The first-order valence-electron chi connectivity index (χ1n) is 12.6. The van der Waals surface area contributed by atoms with Crippen molar-refractivity contribution in [1.29, 1.82) is 0 Å². The Morgan fingerprint density at radius 3 is 2.30 bits per heavy atom. The summed E-state index contributed by atoms with van der Waals surface area (Å²) < 4.78 is 40.5. The number of aliphatic carboxylic acids is 1. The fourth-order valence-electron chi connectivity index (χ4n) is 3.82. The minimum atomic E-state index is -0.982. The zero-order chi connectivity index (χ0) is 27.0. The molecule has 0 saturated heterocycles. The predicted octanol–water partition coefficient (Wildman–Crippen LogP) is 8.00. The minimum absolute atomic E-state index is 0.0475. The third-order valence-corrected chi connectivity index (χ3v) is 5.75. The predicted molar refractivity (Wildman–Crippen MR) is 142 cm³/mol. The molecule has 0 unspecified atom stereocenters.